The second kappa shape index (κ2) is 3.32. The zero-order valence-electron chi connectivity index (χ0n) is 9.92. The predicted octanol–water partition coefficient (Wildman–Crippen LogP) is 2.57. The minimum Gasteiger partial charge on any atom is -0.355 e. The highest BCUT2D eigenvalue weighted by Crippen LogP contribution is 2.32. The zero-order valence-corrected chi connectivity index (χ0v) is 9.92. The number of hydrogen-bond acceptors (Lipinski definition) is 2. The molecule has 1 saturated heterocycles. The van der Waals surface area contributed by atoms with Gasteiger partial charge in [0.05, 0.1) is 6.61 Å². The van der Waals surface area contributed by atoms with Gasteiger partial charge < -0.3 is 4.74 Å². The van der Waals surface area contributed by atoms with Crippen molar-refractivity contribution >= 4 is 0 Å². The number of nitrogens with one attached hydrogen (secondary N) is 1. The van der Waals surface area contributed by atoms with Crippen LogP contribution < -0.4 is 5.32 Å². The molecule has 0 amide bonds. The highest BCUT2D eigenvalue weighted by molar-refractivity contribution is 5.28. The largest absolute Gasteiger partial charge is 0.355 e. The number of benzene rings is 1. The molecule has 1 N–H and O–H groups in total. The normalized spacial score (nSPS) is 29.3. The smallest absolute Gasteiger partial charge is 0.143 e. The van der Waals surface area contributed by atoms with Crippen molar-refractivity contribution in [1.29, 1.82) is 0 Å². The van der Waals surface area contributed by atoms with Gasteiger partial charge in [-0.3, -0.25) is 5.32 Å². The molecule has 1 aromatic rings. The summed E-state index contributed by atoms with van der Waals surface area (Å²) in [5.41, 5.74) is 2.19. The van der Waals surface area contributed by atoms with E-state index in [0.717, 1.165) is 6.61 Å². The van der Waals surface area contributed by atoms with Gasteiger partial charge in [0.15, 0.2) is 0 Å². The second-order valence-electron chi connectivity index (χ2n) is 5.20. The molecule has 0 aliphatic carbocycles. The van der Waals surface area contributed by atoms with E-state index in [4.69, 9.17) is 4.74 Å². The first-order chi connectivity index (χ1) is 6.91. The summed E-state index contributed by atoms with van der Waals surface area (Å²) in [4.78, 5) is 0. The molecule has 0 saturated carbocycles. The van der Waals surface area contributed by atoms with E-state index in [1.807, 2.05) is 0 Å². The van der Waals surface area contributed by atoms with Gasteiger partial charge in [-0.05, 0) is 33.3 Å². The molecule has 2 rings (SSSR count). The molecule has 1 aliphatic rings. The van der Waals surface area contributed by atoms with E-state index in [0.29, 0.717) is 0 Å². The second-order valence-corrected chi connectivity index (χ2v) is 5.20. The third kappa shape index (κ3) is 2.06. The summed E-state index contributed by atoms with van der Waals surface area (Å²) < 4.78 is 5.89. The first-order valence-electron chi connectivity index (χ1n) is 5.42. The predicted molar refractivity (Wildman–Crippen MR) is 61.7 cm³/mol. The Morgan fingerprint density at radius 3 is 2.53 bits per heavy atom. The molecule has 0 aromatic heterocycles. The minimum absolute atomic E-state index is 0.0541. The van der Waals surface area contributed by atoms with Crippen LogP contribution in [0.15, 0.2) is 24.3 Å². The van der Waals surface area contributed by atoms with Gasteiger partial charge in [-0.15, -0.1) is 0 Å². The van der Waals surface area contributed by atoms with Crippen molar-refractivity contribution in [2.75, 3.05) is 6.61 Å². The van der Waals surface area contributed by atoms with Crippen LogP contribution in [-0.4, -0.2) is 12.1 Å². The molecule has 0 radical (unpaired) electrons. The van der Waals surface area contributed by atoms with Gasteiger partial charge in [0.1, 0.15) is 5.72 Å². The average Bonchev–Trinajstić information content (AvgIpc) is 2.42. The number of rotatable bonds is 1. The summed E-state index contributed by atoms with van der Waals surface area (Å²) >= 11 is 0. The zero-order chi connectivity index (χ0) is 11.1. The molecule has 1 aliphatic heterocycles. The van der Waals surface area contributed by atoms with Gasteiger partial charge in [0, 0.05) is 5.54 Å². The van der Waals surface area contributed by atoms with Crippen LogP contribution in [0.3, 0.4) is 0 Å². The fourth-order valence-electron chi connectivity index (χ4n) is 2.14. The molecule has 0 bridgehead atoms. The fourth-order valence-corrected chi connectivity index (χ4v) is 2.14. The monoisotopic (exact) mass is 205 g/mol. The van der Waals surface area contributed by atoms with Crippen molar-refractivity contribution in [3.05, 3.63) is 35.4 Å². The Hall–Kier alpha value is -0.860. The number of hydrogen-bond donors (Lipinski definition) is 1. The molecule has 2 heteroatoms. The Labute approximate surface area is 91.6 Å². The lowest BCUT2D eigenvalue weighted by Crippen LogP contribution is -2.44. The SMILES string of the molecule is Cc1cccc(C2(C)NC(C)(C)CO2)c1. The van der Waals surface area contributed by atoms with Crippen LogP contribution in [0.1, 0.15) is 31.9 Å². The maximum Gasteiger partial charge on any atom is 0.143 e. The van der Waals surface area contributed by atoms with Crippen molar-refractivity contribution in [2.24, 2.45) is 0 Å². The van der Waals surface area contributed by atoms with Crippen LogP contribution >= 0.6 is 0 Å². The van der Waals surface area contributed by atoms with Gasteiger partial charge in [0.2, 0.25) is 0 Å². The summed E-state index contributed by atoms with van der Waals surface area (Å²) in [7, 11) is 0. The van der Waals surface area contributed by atoms with E-state index in [1.54, 1.807) is 0 Å². The Kier molecular flexibility index (Phi) is 2.36. The lowest BCUT2D eigenvalue weighted by atomic mass is 10.0. The van der Waals surface area contributed by atoms with E-state index in [1.165, 1.54) is 11.1 Å². The molecular formula is C13H19NO. The minimum atomic E-state index is -0.338. The molecule has 2 nitrogen and oxygen atoms in total. The summed E-state index contributed by atoms with van der Waals surface area (Å²) in [5.74, 6) is 0. The highest BCUT2D eigenvalue weighted by Gasteiger charge is 2.41. The van der Waals surface area contributed by atoms with E-state index in [9.17, 15) is 0 Å². The summed E-state index contributed by atoms with van der Waals surface area (Å²) in [5, 5.41) is 3.53. The van der Waals surface area contributed by atoms with Gasteiger partial charge in [0.25, 0.3) is 0 Å². The van der Waals surface area contributed by atoms with E-state index < -0.39 is 0 Å². The molecule has 1 heterocycles. The fraction of sp³-hybridized carbons (Fsp3) is 0.538. The Bertz CT molecular complexity index is 373. The molecular weight excluding hydrogens is 186 g/mol. The highest BCUT2D eigenvalue weighted by atomic mass is 16.5. The van der Waals surface area contributed by atoms with Crippen LogP contribution in [0, 0.1) is 6.92 Å². The van der Waals surface area contributed by atoms with E-state index in [2.05, 4.69) is 57.3 Å². The maximum absolute atomic E-state index is 5.89. The first kappa shape index (κ1) is 10.7. The number of ether oxygens (including phenoxy) is 1. The van der Waals surface area contributed by atoms with E-state index in [-0.39, 0.29) is 11.3 Å². The molecule has 15 heavy (non-hydrogen) atoms. The topological polar surface area (TPSA) is 21.3 Å². The van der Waals surface area contributed by atoms with E-state index >= 15 is 0 Å². The molecule has 1 aromatic carbocycles. The Morgan fingerprint density at radius 2 is 2.00 bits per heavy atom. The molecule has 1 fully saturated rings. The van der Waals surface area contributed by atoms with Gasteiger partial charge >= 0.3 is 0 Å². The lowest BCUT2D eigenvalue weighted by Gasteiger charge is -2.27. The lowest BCUT2D eigenvalue weighted by molar-refractivity contribution is 0.00215. The van der Waals surface area contributed by atoms with Gasteiger partial charge in [-0.2, -0.15) is 0 Å². The van der Waals surface area contributed by atoms with Crippen molar-refractivity contribution < 1.29 is 4.74 Å². The van der Waals surface area contributed by atoms with Crippen LogP contribution in [0.5, 0.6) is 0 Å². The van der Waals surface area contributed by atoms with Crippen molar-refractivity contribution in [1.82, 2.24) is 5.32 Å². The maximum atomic E-state index is 5.89. The average molecular weight is 205 g/mol. The number of aryl methyl sites for hydroxylation is 1. The van der Waals surface area contributed by atoms with Crippen molar-refractivity contribution in [3.63, 3.8) is 0 Å². The third-order valence-electron chi connectivity index (χ3n) is 2.87. The standard InChI is InChI=1S/C13H19NO/c1-10-6-5-7-11(8-10)13(4)14-12(2,3)9-15-13/h5-8,14H,9H2,1-4H3. The summed E-state index contributed by atoms with van der Waals surface area (Å²) in [6.45, 7) is 9.27. The van der Waals surface area contributed by atoms with Crippen molar-refractivity contribution in [2.45, 2.75) is 39.0 Å². The summed E-state index contributed by atoms with van der Waals surface area (Å²) in [6.07, 6.45) is 0. The van der Waals surface area contributed by atoms with Crippen LogP contribution in [0.2, 0.25) is 0 Å². The molecule has 0 spiro atoms. The Balaban J connectivity index is 2.31. The molecule has 82 valence electrons. The van der Waals surface area contributed by atoms with Crippen LogP contribution in [-0.2, 0) is 10.5 Å². The first-order valence-corrected chi connectivity index (χ1v) is 5.42. The van der Waals surface area contributed by atoms with Gasteiger partial charge in [-0.1, -0.05) is 29.8 Å². The quantitative estimate of drug-likeness (QED) is 0.760. The summed E-state index contributed by atoms with van der Waals surface area (Å²) in [6, 6.07) is 8.47. The molecule has 1 atom stereocenters. The van der Waals surface area contributed by atoms with Crippen LogP contribution in [0.25, 0.3) is 0 Å². The van der Waals surface area contributed by atoms with Crippen LogP contribution in [0.4, 0.5) is 0 Å². The van der Waals surface area contributed by atoms with Gasteiger partial charge in [-0.25, -0.2) is 0 Å². The Morgan fingerprint density at radius 1 is 1.27 bits per heavy atom. The molecule has 1 unspecified atom stereocenters. The van der Waals surface area contributed by atoms with Crippen molar-refractivity contribution in [3.8, 4) is 0 Å². The third-order valence-corrected chi connectivity index (χ3v) is 2.87.